The molecule has 2 aromatic carbocycles. The molecule has 3 rings (SSSR count). The Morgan fingerprint density at radius 3 is 2.85 bits per heavy atom. The Morgan fingerprint density at radius 1 is 1.20 bits per heavy atom. The highest BCUT2D eigenvalue weighted by atomic mass is 15.1. The summed E-state index contributed by atoms with van der Waals surface area (Å²) in [5.74, 6) is 0.946. The average Bonchev–Trinajstić information content (AvgIpc) is 2.78. The summed E-state index contributed by atoms with van der Waals surface area (Å²) in [6.07, 6.45) is 0. The van der Waals surface area contributed by atoms with Gasteiger partial charge in [-0.2, -0.15) is 0 Å². The first-order chi connectivity index (χ1) is 9.61. The maximum absolute atomic E-state index is 5.83. The van der Waals surface area contributed by atoms with Gasteiger partial charge in [0.1, 0.15) is 5.82 Å². The third-order valence-corrected chi connectivity index (χ3v) is 3.40. The van der Waals surface area contributed by atoms with Gasteiger partial charge >= 0.3 is 0 Å². The van der Waals surface area contributed by atoms with Crippen molar-refractivity contribution in [3.8, 4) is 0 Å². The fraction of sp³-hybridized carbons (Fsp3) is 0.188. The van der Waals surface area contributed by atoms with E-state index in [1.54, 1.807) is 0 Å². The van der Waals surface area contributed by atoms with Gasteiger partial charge in [-0.25, -0.2) is 4.98 Å². The number of nitrogens with zero attached hydrogens (tertiary/aromatic N) is 2. The Balaban J connectivity index is 1.85. The van der Waals surface area contributed by atoms with E-state index in [4.69, 9.17) is 5.73 Å². The van der Waals surface area contributed by atoms with Crippen LogP contribution in [0.25, 0.3) is 11.0 Å². The van der Waals surface area contributed by atoms with Gasteiger partial charge in [-0.05, 0) is 42.8 Å². The van der Waals surface area contributed by atoms with Crippen molar-refractivity contribution in [2.75, 3.05) is 17.7 Å². The lowest BCUT2D eigenvalue weighted by molar-refractivity contribution is 0.925. The van der Waals surface area contributed by atoms with E-state index in [9.17, 15) is 0 Å². The molecular weight excluding hydrogens is 248 g/mol. The van der Waals surface area contributed by atoms with E-state index in [0.29, 0.717) is 0 Å². The van der Waals surface area contributed by atoms with Crippen molar-refractivity contribution >= 4 is 22.4 Å². The van der Waals surface area contributed by atoms with Crippen LogP contribution in [0.4, 0.5) is 11.4 Å². The Kier molecular flexibility index (Phi) is 3.06. The zero-order chi connectivity index (χ0) is 14.1. The molecule has 0 aliphatic heterocycles. The smallest absolute Gasteiger partial charge is 0.104 e. The molecule has 0 saturated heterocycles. The fourth-order valence-electron chi connectivity index (χ4n) is 2.41. The highest BCUT2D eigenvalue weighted by molar-refractivity contribution is 5.76. The van der Waals surface area contributed by atoms with Gasteiger partial charge in [-0.3, -0.25) is 0 Å². The fourth-order valence-corrected chi connectivity index (χ4v) is 2.41. The van der Waals surface area contributed by atoms with Gasteiger partial charge in [0.25, 0.3) is 0 Å². The van der Waals surface area contributed by atoms with Crippen LogP contribution in [0, 0.1) is 6.92 Å². The first-order valence-electron chi connectivity index (χ1n) is 6.64. The van der Waals surface area contributed by atoms with Gasteiger partial charge in [-0.15, -0.1) is 0 Å². The number of nitrogens with one attached hydrogen (secondary N) is 1. The van der Waals surface area contributed by atoms with E-state index >= 15 is 0 Å². The number of anilines is 2. The van der Waals surface area contributed by atoms with Gasteiger partial charge < -0.3 is 15.6 Å². The number of nitrogen functional groups attached to an aromatic ring is 1. The molecule has 0 saturated carbocycles. The van der Waals surface area contributed by atoms with Crippen molar-refractivity contribution in [1.29, 1.82) is 0 Å². The summed E-state index contributed by atoms with van der Waals surface area (Å²) in [6, 6.07) is 14.2. The molecule has 1 aromatic heterocycles. The van der Waals surface area contributed by atoms with Crippen LogP contribution in [0.2, 0.25) is 0 Å². The van der Waals surface area contributed by atoms with Crippen molar-refractivity contribution in [2.24, 2.45) is 0 Å². The zero-order valence-electron chi connectivity index (χ0n) is 11.7. The molecule has 3 aromatic rings. The van der Waals surface area contributed by atoms with E-state index in [2.05, 4.69) is 46.2 Å². The number of aromatic nitrogens is 2. The molecule has 3 N–H and O–H groups in total. The van der Waals surface area contributed by atoms with Gasteiger partial charge in [0.15, 0.2) is 0 Å². The second-order valence-corrected chi connectivity index (χ2v) is 5.12. The lowest BCUT2D eigenvalue weighted by Gasteiger charge is -2.19. The van der Waals surface area contributed by atoms with E-state index in [-0.39, 0.29) is 0 Å². The van der Waals surface area contributed by atoms with Crippen molar-refractivity contribution in [3.05, 3.63) is 53.9 Å². The van der Waals surface area contributed by atoms with E-state index < -0.39 is 0 Å². The van der Waals surface area contributed by atoms with Crippen LogP contribution in [0.3, 0.4) is 0 Å². The lowest BCUT2D eigenvalue weighted by atomic mass is 10.1. The van der Waals surface area contributed by atoms with Crippen molar-refractivity contribution in [1.82, 2.24) is 9.97 Å². The van der Waals surface area contributed by atoms with E-state index in [1.165, 1.54) is 5.56 Å². The zero-order valence-corrected chi connectivity index (χ0v) is 11.7. The minimum absolute atomic E-state index is 0.786. The molecule has 0 amide bonds. The lowest BCUT2D eigenvalue weighted by Crippen LogP contribution is -2.16. The van der Waals surface area contributed by atoms with Crippen LogP contribution >= 0.6 is 0 Å². The van der Waals surface area contributed by atoms with E-state index in [1.807, 2.05) is 25.1 Å². The molecular formula is C16H18N4. The highest BCUT2D eigenvalue weighted by Gasteiger charge is 2.05. The summed E-state index contributed by atoms with van der Waals surface area (Å²) in [5.41, 5.74) is 11.1. The third kappa shape index (κ3) is 2.45. The molecule has 1 heterocycles. The van der Waals surface area contributed by atoms with Crippen molar-refractivity contribution in [3.63, 3.8) is 0 Å². The van der Waals surface area contributed by atoms with Crippen LogP contribution in [0.1, 0.15) is 11.4 Å². The summed E-state index contributed by atoms with van der Waals surface area (Å²) in [7, 11) is 2.07. The minimum atomic E-state index is 0.786. The van der Waals surface area contributed by atoms with Crippen LogP contribution in [0.15, 0.2) is 42.5 Å². The molecule has 0 aliphatic rings. The normalized spacial score (nSPS) is 10.9. The molecule has 102 valence electrons. The molecule has 0 unspecified atom stereocenters. The summed E-state index contributed by atoms with van der Waals surface area (Å²) in [4.78, 5) is 9.87. The number of aromatic amines is 1. The largest absolute Gasteiger partial charge is 0.399 e. The summed E-state index contributed by atoms with van der Waals surface area (Å²) in [5, 5.41) is 0. The van der Waals surface area contributed by atoms with Gasteiger partial charge in [-0.1, -0.05) is 12.1 Å². The quantitative estimate of drug-likeness (QED) is 0.716. The number of H-pyrrole nitrogens is 1. The molecule has 4 nitrogen and oxygen atoms in total. The third-order valence-electron chi connectivity index (χ3n) is 3.40. The summed E-state index contributed by atoms with van der Waals surface area (Å²) in [6.45, 7) is 2.80. The van der Waals surface area contributed by atoms with Crippen LogP contribution in [-0.4, -0.2) is 17.0 Å². The van der Waals surface area contributed by atoms with E-state index in [0.717, 1.165) is 34.8 Å². The Hall–Kier alpha value is -2.49. The standard InChI is InChI=1S/C16H18N4/c1-11-18-15-7-6-12(8-16(15)19-11)10-20(2)14-5-3-4-13(17)9-14/h3-9H,10,17H2,1-2H3,(H,18,19). The van der Waals surface area contributed by atoms with Crippen LogP contribution in [0.5, 0.6) is 0 Å². The van der Waals surface area contributed by atoms with Crippen molar-refractivity contribution in [2.45, 2.75) is 13.5 Å². The maximum atomic E-state index is 5.83. The number of hydrogen-bond donors (Lipinski definition) is 2. The predicted octanol–water partition coefficient (Wildman–Crippen LogP) is 3.09. The van der Waals surface area contributed by atoms with Gasteiger partial charge in [0.2, 0.25) is 0 Å². The predicted molar refractivity (Wildman–Crippen MR) is 83.8 cm³/mol. The number of aryl methyl sites for hydroxylation is 1. The Morgan fingerprint density at radius 2 is 2.05 bits per heavy atom. The molecule has 0 spiro atoms. The highest BCUT2D eigenvalue weighted by Crippen LogP contribution is 2.20. The topological polar surface area (TPSA) is 57.9 Å². The molecule has 0 fully saturated rings. The molecule has 0 radical (unpaired) electrons. The van der Waals surface area contributed by atoms with Gasteiger partial charge in [0.05, 0.1) is 11.0 Å². The average molecular weight is 266 g/mol. The SMILES string of the molecule is Cc1nc2ccc(CN(C)c3cccc(N)c3)cc2[nH]1. The minimum Gasteiger partial charge on any atom is -0.399 e. The summed E-state index contributed by atoms with van der Waals surface area (Å²) < 4.78 is 0. The second-order valence-electron chi connectivity index (χ2n) is 5.12. The number of hydrogen-bond acceptors (Lipinski definition) is 3. The van der Waals surface area contributed by atoms with Crippen LogP contribution in [-0.2, 0) is 6.54 Å². The monoisotopic (exact) mass is 266 g/mol. The Bertz CT molecular complexity index is 745. The number of benzene rings is 2. The molecule has 0 atom stereocenters. The van der Waals surface area contributed by atoms with Crippen LogP contribution < -0.4 is 10.6 Å². The molecule has 0 bridgehead atoms. The van der Waals surface area contributed by atoms with Crippen molar-refractivity contribution < 1.29 is 0 Å². The first kappa shape index (κ1) is 12.5. The molecule has 20 heavy (non-hydrogen) atoms. The van der Waals surface area contributed by atoms with Gasteiger partial charge in [0, 0.05) is 25.0 Å². The Labute approximate surface area is 118 Å². The molecule has 4 heteroatoms. The second kappa shape index (κ2) is 4.89. The first-order valence-corrected chi connectivity index (χ1v) is 6.64. The number of nitrogens with two attached hydrogens (primary N) is 1. The maximum Gasteiger partial charge on any atom is 0.104 e. The number of fused-ring (bicyclic) bond motifs is 1. The summed E-state index contributed by atoms with van der Waals surface area (Å²) >= 11 is 0. The number of imidazole rings is 1. The molecule has 0 aliphatic carbocycles. The number of rotatable bonds is 3.